The lowest BCUT2D eigenvalue weighted by Gasteiger charge is -2.35. The van der Waals surface area contributed by atoms with Crippen LogP contribution in [0.5, 0.6) is 0 Å². The van der Waals surface area contributed by atoms with Gasteiger partial charge in [0.15, 0.2) is 0 Å². The number of anilines is 1. The monoisotopic (exact) mass is 318 g/mol. The zero-order chi connectivity index (χ0) is 16.7. The number of carboxylic acid groups (broad SMARTS) is 1. The fourth-order valence-corrected chi connectivity index (χ4v) is 3.16. The van der Waals surface area contributed by atoms with Gasteiger partial charge in [-0.15, -0.1) is 0 Å². The standard InChI is InChI=1S/C18H26N2O3/c1-19(13-12-18(22)23)14-17(21)20(15-8-4-2-5-9-15)16-10-6-3-7-11-16/h2,4-5,8-9,16H,3,6-7,10-14H2,1H3,(H,22,23). The molecule has 1 aliphatic rings. The van der Waals surface area contributed by atoms with Gasteiger partial charge in [-0.1, -0.05) is 37.5 Å². The van der Waals surface area contributed by atoms with Crippen molar-refractivity contribution in [3.63, 3.8) is 0 Å². The van der Waals surface area contributed by atoms with E-state index < -0.39 is 5.97 Å². The zero-order valence-corrected chi connectivity index (χ0v) is 13.8. The quantitative estimate of drug-likeness (QED) is 0.840. The average molecular weight is 318 g/mol. The number of aliphatic carboxylic acids is 1. The van der Waals surface area contributed by atoms with Gasteiger partial charge in [0.1, 0.15) is 0 Å². The Balaban J connectivity index is 2.06. The first-order valence-corrected chi connectivity index (χ1v) is 8.35. The summed E-state index contributed by atoms with van der Waals surface area (Å²) in [5, 5.41) is 8.77. The maximum Gasteiger partial charge on any atom is 0.304 e. The summed E-state index contributed by atoms with van der Waals surface area (Å²) in [6, 6.07) is 10.1. The van der Waals surface area contributed by atoms with E-state index in [2.05, 4.69) is 0 Å². The molecular weight excluding hydrogens is 292 g/mol. The summed E-state index contributed by atoms with van der Waals surface area (Å²) in [6.07, 6.45) is 5.70. The number of nitrogens with zero attached hydrogens (tertiary/aromatic N) is 2. The Labute approximate surface area is 137 Å². The number of likely N-dealkylation sites (N-methyl/N-ethyl adjacent to an activating group) is 1. The third-order valence-electron chi connectivity index (χ3n) is 4.36. The first-order valence-electron chi connectivity index (χ1n) is 8.35. The molecule has 1 fully saturated rings. The van der Waals surface area contributed by atoms with Crippen molar-refractivity contribution in [2.75, 3.05) is 25.0 Å². The summed E-state index contributed by atoms with van der Waals surface area (Å²) in [5.41, 5.74) is 0.941. The molecule has 0 heterocycles. The van der Waals surface area contributed by atoms with Gasteiger partial charge in [0.2, 0.25) is 5.91 Å². The molecule has 5 nitrogen and oxygen atoms in total. The second-order valence-electron chi connectivity index (χ2n) is 6.27. The third-order valence-corrected chi connectivity index (χ3v) is 4.36. The van der Waals surface area contributed by atoms with E-state index in [1.807, 2.05) is 35.2 Å². The minimum absolute atomic E-state index is 0.0518. The Bertz CT molecular complexity index is 512. The maximum atomic E-state index is 12.8. The smallest absolute Gasteiger partial charge is 0.304 e. The Hall–Kier alpha value is -1.88. The maximum absolute atomic E-state index is 12.8. The second-order valence-corrected chi connectivity index (χ2v) is 6.27. The van der Waals surface area contributed by atoms with Gasteiger partial charge in [-0.3, -0.25) is 14.5 Å². The van der Waals surface area contributed by atoms with E-state index >= 15 is 0 Å². The minimum atomic E-state index is -0.837. The van der Waals surface area contributed by atoms with E-state index in [1.165, 1.54) is 6.42 Å². The van der Waals surface area contributed by atoms with Gasteiger partial charge in [0.25, 0.3) is 0 Å². The van der Waals surface area contributed by atoms with Crippen molar-refractivity contribution in [3.8, 4) is 0 Å². The molecule has 0 saturated heterocycles. The number of hydrogen-bond acceptors (Lipinski definition) is 3. The van der Waals surface area contributed by atoms with E-state index in [0.717, 1.165) is 31.4 Å². The number of carbonyl (C=O) groups is 2. The molecule has 0 unspecified atom stereocenters. The number of hydrogen-bond donors (Lipinski definition) is 1. The predicted octanol–water partition coefficient (Wildman–Crippen LogP) is 2.76. The van der Waals surface area contributed by atoms with Crippen LogP contribution >= 0.6 is 0 Å². The number of para-hydroxylation sites is 1. The lowest BCUT2D eigenvalue weighted by Crippen LogP contribution is -2.46. The number of carboxylic acids is 1. The van der Waals surface area contributed by atoms with Crippen LogP contribution < -0.4 is 4.90 Å². The van der Waals surface area contributed by atoms with Crippen molar-refractivity contribution in [2.24, 2.45) is 0 Å². The number of amides is 1. The van der Waals surface area contributed by atoms with E-state index in [9.17, 15) is 9.59 Å². The van der Waals surface area contributed by atoms with Gasteiger partial charge >= 0.3 is 5.97 Å². The van der Waals surface area contributed by atoms with Crippen molar-refractivity contribution >= 4 is 17.6 Å². The van der Waals surface area contributed by atoms with Crippen LogP contribution in [0.15, 0.2) is 30.3 Å². The molecule has 1 aliphatic carbocycles. The lowest BCUT2D eigenvalue weighted by molar-refractivity contribution is -0.137. The van der Waals surface area contributed by atoms with Crippen LogP contribution in [0.2, 0.25) is 0 Å². The highest BCUT2D eigenvalue weighted by Crippen LogP contribution is 2.27. The van der Waals surface area contributed by atoms with Gasteiger partial charge in [-0.25, -0.2) is 0 Å². The summed E-state index contributed by atoms with van der Waals surface area (Å²) in [6.45, 7) is 0.632. The van der Waals surface area contributed by atoms with Crippen LogP contribution in [0.1, 0.15) is 38.5 Å². The molecular formula is C18H26N2O3. The van der Waals surface area contributed by atoms with Crippen molar-refractivity contribution in [2.45, 2.75) is 44.6 Å². The van der Waals surface area contributed by atoms with E-state index in [4.69, 9.17) is 5.11 Å². The van der Waals surface area contributed by atoms with Gasteiger partial charge in [-0.05, 0) is 32.0 Å². The number of rotatable bonds is 7. The van der Waals surface area contributed by atoms with Crippen LogP contribution in [-0.4, -0.2) is 48.1 Å². The Morgan fingerprint density at radius 3 is 2.39 bits per heavy atom. The number of benzene rings is 1. The molecule has 0 aromatic heterocycles. The number of carbonyl (C=O) groups excluding carboxylic acids is 1. The SMILES string of the molecule is CN(CCC(=O)O)CC(=O)N(c1ccccc1)C1CCCCC1. The summed E-state index contributed by atoms with van der Waals surface area (Å²) < 4.78 is 0. The first-order chi connectivity index (χ1) is 11.1. The molecule has 0 atom stereocenters. The second kappa shape index (κ2) is 8.67. The predicted molar refractivity (Wildman–Crippen MR) is 90.6 cm³/mol. The van der Waals surface area contributed by atoms with Crippen LogP contribution in [0.25, 0.3) is 0 Å². The van der Waals surface area contributed by atoms with E-state index in [-0.39, 0.29) is 24.9 Å². The summed E-state index contributed by atoms with van der Waals surface area (Å²) >= 11 is 0. The highest BCUT2D eigenvalue weighted by atomic mass is 16.4. The average Bonchev–Trinajstić information content (AvgIpc) is 2.55. The molecule has 5 heteroatoms. The molecule has 0 aliphatic heterocycles. The Morgan fingerprint density at radius 1 is 1.13 bits per heavy atom. The Kier molecular flexibility index (Phi) is 6.59. The highest BCUT2D eigenvalue weighted by Gasteiger charge is 2.27. The first kappa shape index (κ1) is 17.5. The largest absolute Gasteiger partial charge is 0.481 e. The molecule has 2 rings (SSSR count). The highest BCUT2D eigenvalue weighted by molar-refractivity contribution is 5.95. The molecule has 1 aromatic carbocycles. The third kappa shape index (κ3) is 5.36. The van der Waals surface area contributed by atoms with Crippen molar-refractivity contribution in [3.05, 3.63) is 30.3 Å². The molecule has 1 N–H and O–H groups in total. The van der Waals surface area contributed by atoms with Crippen LogP contribution in [0.4, 0.5) is 5.69 Å². The van der Waals surface area contributed by atoms with Crippen LogP contribution in [-0.2, 0) is 9.59 Å². The van der Waals surface area contributed by atoms with Crippen molar-refractivity contribution < 1.29 is 14.7 Å². The molecule has 0 bridgehead atoms. The Morgan fingerprint density at radius 2 is 1.78 bits per heavy atom. The van der Waals surface area contributed by atoms with Gasteiger partial charge in [0.05, 0.1) is 13.0 Å². The zero-order valence-electron chi connectivity index (χ0n) is 13.8. The molecule has 1 saturated carbocycles. The molecule has 1 amide bonds. The van der Waals surface area contributed by atoms with Crippen LogP contribution in [0.3, 0.4) is 0 Å². The molecule has 1 aromatic rings. The molecule has 0 radical (unpaired) electrons. The topological polar surface area (TPSA) is 60.9 Å². The van der Waals surface area contributed by atoms with Crippen LogP contribution in [0, 0.1) is 0 Å². The summed E-state index contributed by atoms with van der Waals surface area (Å²) in [7, 11) is 1.80. The molecule has 0 spiro atoms. The van der Waals surface area contributed by atoms with E-state index in [0.29, 0.717) is 6.54 Å². The lowest BCUT2D eigenvalue weighted by atomic mass is 9.93. The summed E-state index contributed by atoms with van der Waals surface area (Å²) in [4.78, 5) is 27.2. The van der Waals surface area contributed by atoms with Gasteiger partial charge in [0, 0.05) is 18.3 Å². The fourth-order valence-electron chi connectivity index (χ4n) is 3.16. The van der Waals surface area contributed by atoms with Gasteiger partial charge in [-0.2, -0.15) is 0 Å². The summed E-state index contributed by atoms with van der Waals surface area (Å²) in [5.74, 6) is -0.785. The minimum Gasteiger partial charge on any atom is -0.481 e. The van der Waals surface area contributed by atoms with E-state index in [1.54, 1.807) is 11.9 Å². The van der Waals surface area contributed by atoms with Crippen molar-refractivity contribution in [1.29, 1.82) is 0 Å². The normalized spacial score (nSPS) is 15.6. The van der Waals surface area contributed by atoms with Gasteiger partial charge < -0.3 is 10.0 Å². The molecule has 126 valence electrons. The van der Waals surface area contributed by atoms with Crippen molar-refractivity contribution in [1.82, 2.24) is 4.90 Å². The molecule has 23 heavy (non-hydrogen) atoms. The fraction of sp³-hybridized carbons (Fsp3) is 0.556.